The Kier molecular flexibility index (Phi) is 3.74. The highest BCUT2D eigenvalue weighted by atomic mass is 16.1. The normalized spacial score (nSPS) is 34.6. The van der Waals surface area contributed by atoms with E-state index in [0.29, 0.717) is 5.41 Å². The van der Waals surface area contributed by atoms with Gasteiger partial charge in [0.15, 0.2) is 0 Å². The molecule has 124 valence electrons. The van der Waals surface area contributed by atoms with Gasteiger partial charge in [-0.2, -0.15) is 0 Å². The van der Waals surface area contributed by atoms with E-state index in [1.165, 1.54) is 44.9 Å². The van der Waals surface area contributed by atoms with Gasteiger partial charge in [-0.25, -0.2) is 0 Å². The minimum Gasteiger partial charge on any atom is -0.352 e. The summed E-state index contributed by atoms with van der Waals surface area (Å²) in [5, 5.41) is 3.20. The van der Waals surface area contributed by atoms with E-state index in [1.54, 1.807) is 0 Å². The average Bonchev–Trinajstić information content (AvgIpc) is 2.48. The first-order valence-corrected chi connectivity index (χ1v) is 9.38. The van der Waals surface area contributed by atoms with E-state index >= 15 is 0 Å². The highest BCUT2D eigenvalue weighted by molar-refractivity contribution is 5.95. The summed E-state index contributed by atoms with van der Waals surface area (Å²) >= 11 is 0. The number of carbonyl (C=O) groups excluding carboxylic acids is 1. The van der Waals surface area contributed by atoms with E-state index in [1.807, 2.05) is 26.0 Å². The maximum absolute atomic E-state index is 12.5. The van der Waals surface area contributed by atoms with Crippen LogP contribution in [0, 0.1) is 37.0 Å². The third-order valence-corrected chi connectivity index (χ3v) is 6.74. The molecule has 0 spiro atoms. The number of aryl methyl sites for hydroxylation is 2. The fourth-order valence-electron chi connectivity index (χ4n) is 6.11. The molecule has 4 bridgehead atoms. The summed E-state index contributed by atoms with van der Waals surface area (Å²) in [5.74, 6) is 3.10. The highest BCUT2D eigenvalue weighted by Crippen LogP contribution is 2.61. The molecule has 4 aliphatic carbocycles. The van der Waals surface area contributed by atoms with Crippen molar-refractivity contribution in [3.63, 3.8) is 0 Å². The molecule has 1 aromatic carbocycles. The summed E-state index contributed by atoms with van der Waals surface area (Å²) < 4.78 is 0. The zero-order valence-electron chi connectivity index (χ0n) is 14.5. The molecule has 23 heavy (non-hydrogen) atoms. The Hall–Kier alpha value is -1.31. The minimum atomic E-state index is 0.107. The molecule has 0 radical (unpaired) electrons. The van der Waals surface area contributed by atoms with Crippen molar-refractivity contribution >= 4 is 5.91 Å². The maximum Gasteiger partial charge on any atom is 0.251 e. The van der Waals surface area contributed by atoms with Gasteiger partial charge in [-0.05, 0) is 93.6 Å². The number of carbonyl (C=O) groups is 1. The zero-order valence-corrected chi connectivity index (χ0v) is 14.5. The Bertz CT molecular complexity index is 583. The van der Waals surface area contributed by atoms with Crippen LogP contribution in [0.5, 0.6) is 0 Å². The van der Waals surface area contributed by atoms with Crippen molar-refractivity contribution in [3.05, 3.63) is 34.9 Å². The van der Waals surface area contributed by atoms with Gasteiger partial charge in [0.1, 0.15) is 0 Å². The van der Waals surface area contributed by atoms with Crippen molar-refractivity contribution in [1.29, 1.82) is 0 Å². The Morgan fingerprint density at radius 1 is 1.09 bits per heavy atom. The number of benzene rings is 1. The fraction of sp³-hybridized carbons (Fsp3) is 0.667. The second-order valence-corrected chi connectivity index (χ2v) is 8.74. The Morgan fingerprint density at radius 2 is 1.70 bits per heavy atom. The third-order valence-electron chi connectivity index (χ3n) is 6.74. The first-order valence-electron chi connectivity index (χ1n) is 9.38. The lowest BCUT2D eigenvalue weighted by Gasteiger charge is -2.57. The van der Waals surface area contributed by atoms with Crippen LogP contribution in [0.2, 0.25) is 0 Å². The summed E-state index contributed by atoms with van der Waals surface area (Å²) in [6.45, 7) is 4.91. The lowest BCUT2D eigenvalue weighted by atomic mass is 9.49. The van der Waals surface area contributed by atoms with E-state index < -0.39 is 0 Å². The molecule has 1 aromatic rings. The van der Waals surface area contributed by atoms with Crippen LogP contribution < -0.4 is 5.32 Å². The Balaban J connectivity index is 1.37. The molecule has 2 nitrogen and oxygen atoms in total. The van der Waals surface area contributed by atoms with Gasteiger partial charge in [-0.1, -0.05) is 17.7 Å². The molecule has 4 fully saturated rings. The highest BCUT2D eigenvalue weighted by Gasteiger charge is 2.50. The van der Waals surface area contributed by atoms with Gasteiger partial charge < -0.3 is 5.32 Å². The number of hydrogen-bond donors (Lipinski definition) is 1. The van der Waals surface area contributed by atoms with Crippen molar-refractivity contribution in [2.45, 2.75) is 58.8 Å². The molecule has 0 aliphatic heterocycles. The van der Waals surface area contributed by atoms with Crippen LogP contribution in [0.4, 0.5) is 0 Å². The summed E-state index contributed by atoms with van der Waals surface area (Å²) in [6.07, 6.45) is 9.96. The van der Waals surface area contributed by atoms with Gasteiger partial charge in [-0.15, -0.1) is 0 Å². The van der Waals surface area contributed by atoms with E-state index in [9.17, 15) is 4.79 Å². The van der Waals surface area contributed by atoms with Gasteiger partial charge in [0.2, 0.25) is 0 Å². The first kappa shape index (κ1) is 15.2. The van der Waals surface area contributed by atoms with Crippen molar-refractivity contribution < 1.29 is 4.79 Å². The molecule has 0 heterocycles. The van der Waals surface area contributed by atoms with Crippen LogP contribution in [0.25, 0.3) is 0 Å². The first-order chi connectivity index (χ1) is 11.0. The smallest absolute Gasteiger partial charge is 0.251 e. The molecule has 4 saturated carbocycles. The molecule has 0 atom stereocenters. The van der Waals surface area contributed by atoms with Crippen LogP contribution in [0.1, 0.15) is 66.4 Å². The number of rotatable bonds is 4. The fourth-order valence-corrected chi connectivity index (χ4v) is 6.11. The van der Waals surface area contributed by atoms with Crippen LogP contribution >= 0.6 is 0 Å². The lowest BCUT2D eigenvalue weighted by molar-refractivity contribution is -0.0564. The van der Waals surface area contributed by atoms with E-state index in [4.69, 9.17) is 0 Å². The molecule has 4 aliphatic rings. The molecule has 0 unspecified atom stereocenters. The Labute approximate surface area is 140 Å². The maximum atomic E-state index is 12.5. The minimum absolute atomic E-state index is 0.107. The Morgan fingerprint density at radius 3 is 2.30 bits per heavy atom. The van der Waals surface area contributed by atoms with Crippen molar-refractivity contribution in [1.82, 2.24) is 5.32 Å². The summed E-state index contributed by atoms with van der Waals surface area (Å²) in [6, 6.07) is 6.13. The summed E-state index contributed by atoms with van der Waals surface area (Å²) in [4.78, 5) is 12.5. The second kappa shape index (κ2) is 5.65. The molecule has 2 heteroatoms. The van der Waals surface area contributed by atoms with Crippen LogP contribution in [-0.2, 0) is 0 Å². The summed E-state index contributed by atoms with van der Waals surface area (Å²) in [5.41, 5.74) is 3.63. The van der Waals surface area contributed by atoms with Crippen LogP contribution in [0.15, 0.2) is 18.2 Å². The second-order valence-electron chi connectivity index (χ2n) is 8.74. The molecule has 1 amide bonds. The standard InChI is InChI=1S/C21H29NO/c1-14-3-4-15(2)19(7-14)20(23)22-6-5-21-11-16-8-17(12-21)10-18(9-16)13-21/h3-4,7,16-18H,5-6,8-13H2,1-2H3,(H,22,23). The van der Waals surface area contributed by atoms with Gasteiger partial charge >= 0.3 is 0 Å². The summed E-state index contributed by atoms with van der Waals surface area (Å²) in [7, 11) is 0. The predicted octanol–water partition coefficient (Wildman–Crippen LogP) is 4.64. The zero-order chi connectivity index (χ0) is 16.0. The predicted molar refractivity (Wildman–Crippen MR) is 93.5 cm³/mol. The molecule has 5 rings (SSSR count). The molecular formula is C21H29NO. The monoisotopic (exact) mass is 311 g/mol. The van der Waals surface area contributed by atoms with Gasteiger partial charge in [-0.3, -0.25) is 4.79 Å². The molecule has 1 N–H and O–H groups in total. The van der Waals surface area contributed by atoms with Gasteiger partial charge in [0.25, 0.3) is 5.91 Å². The van der Waals surface area contributed by atoms with Crippen molar-refractivity contribution in [3.8, 4) is 0 Å². The lowest BCUT2D eigenvalue weighted by Crippen LogP contribution is -2.47. The van der Waals surface area contributed by atoms with Gasteiger partial charge in [0.05, 0.1) is 0 Å². The SMILES string of the molecule is Cc1ccc(C)c(C(=O)NCCC23CC4CC(CC(C4)C2)C3)c1. The van der Waals surface area contributed by atoms with Crippen molar-refractivity contribution in [2.75, 3.05) is 6.54 Å². The number of hydrogen-bond acceptors (Lipinski definition) is 1. The van der Waals surface area contributed by atoms with Crippen LogP contribution in [-0.4, -0.2) is 12.5 Å². The average molecular weight is 311 g/mol. The van der Waals surface area contributed by atoms with Crippen LogP contribution in [0.3, 0.4) is 0 Å². The topological polar surface area (TPSA) is 29.1 Å². The quantitative estimate of drug-likeness (QED) is 0.862. The van der Waals surface area contributed by atoms with Gasteiger partial charge in [0, 0.05) is 12.1 Å². The molecule has 0 aromatic heterocycles. The third kappa shape index (κ3) is 2.93. The van der Waals surface area contributed by atoms with E-state index in [2.05, 4.69) is 11.4 Å². The van der Waals surface area contributed by atoms with Crippen molar-refractivity contribution in [2.24, 2.45) is 23.2 Å². The van der Waals surface area contributed by atoms with E-state index in [0.717, 1.165) is 41.0 Å². The molecule has 0 saturated heterocycles. The number of nitrogens with one attached hydrogen (secondary N) is 1. The molecular weight excluding hydrogens is 282 g/mol. The number of amides is 1. The largest absolute Gasteiger partial charge is 0.352 e. The van der Waals surface area contributed by atoms with E-state index in [-0.39, 0.29) is 5.91 Å².